The normalized spacial score (nSPS) is 18.8. The first kappa shape index (κ1) is 13.6. The summed E-state index contributed by atoms with van der Waals surface area (Å²) in [4.78, 5) is 0. The van der Waals surface area contributed by atoms with Crippen molar-refractivity contribution in [1.82, 2.24) is 5.32 Å². The second kappa shape index (κ2) is 6.94. The van der Waals surface area contributed by atoms with E-state index < -0.39 is 0 Å². The van der Waals surface area contributed by atoms with Gasteiger partial charge >= 0.3 is 0 Å². The van der Waals surface area contributed by atoms with Crippen molar-refractivity contribution < 1.29 is 0 Å². The van der Waals surface area contributed by atoms with Crippen molar-refractivity contribution in [1.29, 1.82) is 0 Å². The van der Waals surface area contributed by atoms with Crippen molar-refractivity contribution >= 4 is 0 Å². The highest BCUT2D eigenvalue weighted by Crippen LogP contribution is 2.38. The molecule has 1 fully saturated rings. The van der Waals surface area contributed by atoms with Gasteiger partial charge in [-0.25, -0.2) is 0 Å². The molecule has 1 aliphatic rings. The van der Waals surface area contributed by atoms with Crippen LogP contribution < -0.4 is 5.32 Å². The van der Waals surface area contributed by atoms with Crippen LogP contribution in [0.5, 0.6) is 0 Å². The van der Waals surface area contributed by atoms with Crippen molar-refractivity contribution in [2.24, 2.45) is 5.92 Å². The van der Waals surface area contributed by atoms with Gasteiger partial charge in [0.2, 0.25) is 0 Å². The Balaban J connectivity index is 2.15. The molecule has 1 saturated carbocycles. The molecular formula is C17H27N. The quantitative estimate of drug-likeness (QED) is 0.817. The van der Waals surface area contributed by atoms with Gasteiger partial charge in [-0.05, 0) is 62.7 Å². The van der Waals surface area contributed by atoms with Crippen molar-refractivity contribution in [3.63, 3.8) is 0 Å². The number of nitrogens with one attached hydrogen (secondary N) is 1. The highest BCUT2D eigenvalue weighted by molar-refractivity contribution is 5.29. The molecule has 0 bridgehead atoms. The molecule has 0 amide bonds. The molecule has 18 heavy (non-hydrogen) atoms. The fraction of sp³-hybridized carbons (Fsp3) is 0.647. The molecule has 0 heterocycles. The summed E-state index contributed by atoms with van der Waals surface area (Å²) in [6.45, 7) is 3.40. The van der Waals surface area contributed by atoms with E-state index in [-0.39, 0.29) is 0 Å². The molecule has 1 unspecified atom stereocenters. The molecular weight excluding hydrogens is 218 g/mol. The molecule has 1 aromatic rings. The minimum Gasteiger partial charge on any atom is -0.320 e. The van der Waals surface area contributed by atoms with Crippen LogP contribution in [0.1, 0.15) is 55.6 Å². The van der Waals surface area contributed by atoms with Crippen molar-refractivity contribution in [2.75, 3.05) is 13.6 Å². The third-order valence-corrected chi connectivity index (χ3v) is 4.51. The molecule has 0 spiro atoms. The number of hydrogen-bond donors (Lipinski definition) is 1. The Morgan fingerprint density at radius 2 is 1.89 bits per heavy atom. The van der Waals surface area contributed by atoms with Crippen LogP contribution in [0, 0.1) is 12.8 Å². The van der Waals surface area contributed by atoms with E-state index in [1.165, 1.54) is 44.1 Å². The third-order valence-electron chi connectivity index (χ3n) is 4.51. The van der Waals surface area contributed by atoms with Crippen molar-refractivity contribution in [2.45, 2.75) is 51.4 Å². The first-order valence-corrected chi connectivity index (χ1v) is 7.53. The molecule has 1 aromatic carbocycles. The number of aryl methyl sites for hydroxylation is 1. The maximum Gasteiger partial charge on any atom is -0.00460 e. The molecule has 1 atom stereocenters. The summed E-state index contributed by atoms with van der Waals surface area (Å²) in [6.07, 6.45) is 8.47. The standard InChI is InChI=1S/C17H27N/c1-14-8-6-7-11-16(14)17(12-13-18-2)15-9-4-3-5-10-15/h6-8,11,15,17-18H,3-5,9-10,12-13H2,1-2H3. The maximum atomic E-state index is 3.33. The molecule has 1 aliphatic carbocycles. The highest BCUT2D eigenvalue weighted by Gasteiger charge is 2.25. The molecule has 0 aliphatic heterocycles. The summed E-state index contributed by atoms with van der Waals surface area (Å²) < 4.78 is 0. The van der Waals surface area contributed by atoms with Gasteiger partial charge in [0.15, 0.2) is 0 Å². The summed E-state index contributed by atoms with van der Waals surface area (Å²) in [5.74, 6) is 1.67. The van der Waals surface area contributed by atoms with Gasteiger partial charge in [-0.2, -0.15) is 0 Å². The average molecular weight is 245 g/mol. The fourth-order valence-corrected chi connectivity index (χ4v) is 3.48. The van der Waals surface area contributed by atoms with Crippen LogP contribution >= 0.6 is 0 Å². The van der Waals surface area contributed by atoms with Gasteiger partial charge in [-0.1, -0.05) is 43.5 Å². The van der Waals surface area contributed by atoms with Crippen molar-refractivity contribution in [3.05, 3.63) is 35.4 Å². The van der Waals surface area contributed by atoms with E-state index in [0.29, 0.717) is 0 Å². The number of rotatable bonds is 5. The number of benzene rings is 1. The molecule has 100 valence electrons. The van der Waals surface area contributed by atoms with Gasteiger partial charge in [-0.3, -0.25) is 0 Å². The molecule has 1 heteroatoms. The van der Waals surface area contributed by atoms with Crippen LogP contribution in [-0.2, 0) is 0 Å². The van der Waals surface area contributed by atoms with Gasteiger partial charge in [0.25, 0.3) is 0 Å². The summed E-state index contributed by atoms with van der Waals surface area (Å²) in [5, 5.41) is 3.33. The Hall–Kier alpha value is -0.820. The van der Waals surface area contributed by atoms with Crippen molar-refractivity contribution in [3.8, 4) is 0 Å². The van der Waals surface area contributed by atoms with E-state index >= 15 is 0 Å². The predicted molar refractivity (Wildman–Crippen MR) is 79.0 cm³/mol. The first-order chi connectivity index (χ1) is 8.83. The minimum absolute atomic E-state index is 0.763. The molecule has 1 nitrogen and oxygen atoms in total. The largest absolute Gasteiger partial charge is 0.320 e. The Morgan fingerprint density at radius 3 is 2.56 bits per heavy atom. The van der Waals surface area contributed by atoms with Gasteiger partial charge in [0.05, 0.1) is 0 Å². The average Bonchev–Trinajstić information content (AvgIpc) is 2.42. The Kier molecular flexibility index (Phi) is 5.25. The van der Waals surface area contributed by atoms with E-state index in [1.54, 1.807) is 5.56 Å². The number of hydrogen-bond acceptors (Lipinski definition) is 1. The first-order valence-electron chi connectivity index (χ1n) is 7.53. The summed E-state index contributed by atoms with van der Waals surface area (Å²) in [6, 6.07) is 8.99. The lowest BCUT2D eigenvalue weighted by atomic mass is 9.74. The lowest BCUT2D eigenvalue weighted by Crippen LogP contribution is -2.21. The van der Waals surface area contributed by atoms with Crippen LogP contribution in [0.2, 0.25) is 0 Å². The fourth-order valence-electron chi connectivity index (χ4n) is 3.48. The SMILES string of the molecule is CNCCC(c1ccccc1C)C1CCCCC1. The molecule has 2 rings (SSSR count). The Labute approximate surface area is 112 Å². The monoisotopic (exact) mass is 245 g/mol. The van der Waals surface area contributed by atoms with Gasteiger partial charge in [0, 0.05) is 0 Å². The lowest BCUT2D eigenvalue weighted by molar-refractivity contribution is 0.292. The van der Waals surface area contributed by atoms with Gasteiger partial charge in [-0.15, -0.1) is 0 Å². The van der Waals surface area contributed by atoms with E-state index in [9.17, 15) is 0 Å². The smallest absolute Gasteiger partial charge is 0.00460 e. The Bertz CT molecular complexity index is 352. The summed E-state index contributed by atoms with van der Waals surface area (Å²) in [7, 11) is 2.07. The molecule has 0 radical (unpaired) electrons. The zero-order chi connectivity index (χ0) is 12.8. The molecule has 0 aromatic heterocycles. The van der Waals surface area contributed by atoms with Gasteiger partial charge < -0.3 is 5.32 Å². The molecule has 1 N–H and O–H groups in total. The topological polar surface area (TPSA) is 12.0 Å². The predicted octanol–water partition coefficient (Wildman–Crippen LogP) is 4.27. The lowest BCUT2D eigenvalue weighted by Gasteiger charge is -2.31. The van der Waals surface area contributed by atoms with E-state index in [0.717, 1.165) is 18.4 Å². The van der Waals surface area contributed by atoms with E-state index in [2.05, 4.69) is 43.6 Å². The highest BCUT2D eigenvalue weighted by atomic mass is 14.8. The van der Waals surface area contributed by atoms with Crippen LogP contribution in [-0.4, -0.2) is 13.6 Å². The summed E-state index contributed by atoms with van der Waals surface area (Å²) >= 11 is 0. The maximum absolute atomic E-state index is 3.33. The van der Waals surface area contributed by atoms with Crippen LogP contribution in [0.25, 0.3) is 0 Å². The van der Waals surface area contributed by atoms with Crippen LogP contribution in [0.4, 0.5) is 0 Å². The third kappa shape index (κ3) is 3.35. The van der Waals surface area contributed by atoms with Gasteiger partial charge in [0.1, 0.15) is 0 Å². The second-order valence-corrected chi connectivity index (χ2v) is 5.75. The second-order valence-electron chi connectivity index (χ2n) is 5.75. The Morgan fingerprint density at radius 1 is 1.17 bits per heavy atom. The zero-order valence-corrected chi connectivity index (χ0v) is 11.9. The van der Waals surface area contributed by atoms with Crippen LogP contribution in [0.15, 0.2) is 24.3 Å². The van der Waals surface area contributed by atoms with E-state index in [4.69, 9.17) is 0 Å². The summed E-state index contributed by atoms with van der Waals surface area (Å²) in [5.41, 5.74) is 3.07. The van der Waals surface area contributed by atoms with Crippen LogP contribution in [0.3, 0.4) is 0 Å². The van der Waals surface area contributed by atoms with E-state index in [1.807, 2.05) is 0 Å². The molecule has 0 saturated heterocycles. The zero-order valence-electron chi connectivity index (χ0n) is 11.9. The minimum atomic E-state index is 0.763.